The van der Waals surface area contributed by atoms with Gasteiger partial charge in [-0.2, -0.15) is 0 Å². The Morgan fingerprint density at radius 1 is 1.17 bits per heavy atom. The standard InChI is InChI=1S/C8H12O4/c1-2-3-4-5-6-12-8(11)7(9)10/h1-6H2. The molecule has 0 aromatic rings. The predicted molar refractivity (Wildman–Crippen MR) is 40.5 cm³/mol. The monoisotopic (exact) mass is 172 g/mol. The Labute approximate surface area is 71.5 Å². The summed E-state index contributed by atoms with van der Waals surface area (Å²) in [6, 6.07) is 0. The topological polar surface area (TPSA) is 63.3 Å². The molecule has 68 valence electrons. The second-order valence-electron chi connectivity index (χ2n) is 2.34. The highest BCUT2D eigenvalue weighted by atomic mass is 16.6. The molecule has 0 aromatic carbocycles. The second kappa shape index (κ2) is 6.64. The Morgan fingerprint density at radius 2 is 1.83 bits per heavy atom. The molecule has 0 fully saturated rings. The first kappa shape index (κ1) is 10.9. The summed E-state index contributed by atoms with van der Waals surface area (Å²) >= 11 is 0. The first-order chi connectivity index (χ1) is 5.68. The lowest BCUT2D eigenvalue weighted by molar-refractivity contribution is -0.167. The first-order valence-electron chi connectivity index (χ1n) is 3.86. The molecule has 0 aromatic heterocycles. The highest BCUT2D eigenvalue weighted by molar-refractivity contribution is 6.28. The number of hydrogen-bond donors (Lipinski definition) is 0. The largest absolute Gasteiger partial charge is 0.462 e. The highest BCUT2D eigenvalue weighted by Crippen LogP contribution is 1.98. The average Bonchev–Trinajstić information content (AvgIpc) is 2.03. The number of carbonyl (C=O) groups excluding carboxylic acids is 2. The summed E-state index contributed by atoms with van der Waals surface area (Å²) in [6.45, 7) is 3.78. The summed E-state index contributed by atoms with van der Waals surface area (Å²) in [4.78, 5) is 20.1. The number of rotatable bonds is 5. The van der Waals surface area contributed by atoms with Crippen molar-refractivity contribution in [2.24, 2.45) is 0 Å². The van der Waals surface area contributed by atoms with E-state index in [2.05, 4.69) is 11.7 Å². The van der Waals surface area contributed by atoms with Gasteiger partial charge in [0.25, 0.3) is 0 Å². The van der Waals surface area contributed by atoms with Crippen LogP contribution in [0, 0.1) is 6.92 Å². The molecule has 0 rings (SSSR count). The Morgan fingerprint density at radius 3 is 2.33 bits per heavy atom. The van der Waals surface area contributed by atoms with E-state index in [1.807, 2.05) is 0 Å². The lowest BCUT2D eigenvalue weighted by Gasteiger charge is -1.99. The Kier molecular flexibility index (Phi) is 6.05. The lowest BCUT2D eigenvalue weighted by atomic mass is 10.2. The predicted octanol–water partition coefficient (Wildman–Crippen LogP) is 0.881. The molecular weight excluding hydrogens is 160 g/mol. The SMILES string of the molecule is [CH2]CCCCCOC(=O)C([O])=O. The van der Waals surface area contributed by atoms with E-state index < -0.39 is 11.9 Å². The maximum absolute atomic E-state index is 10.3. The van der Waals surface area contributed by atoms with Gasteiger partial charge in [0.1, 0.15) is 0 Å². The Balaban J connectivity index is 3.20. The van der Waals surface area contributed by atoms with Gasteiger partial charge in [0.05, 0.1) is 6.61 Å². The molecule has 12 heavy (non-hydrogen) atoms. The van der Waals surface area contributed by atoms with Gasteiger partial charge in [-0.1, -0.05) is 26.2 Å². The molecule has 0 atom stereocenters. The number of hydrogen-bond acceptors (Lipinski definition) is 3. The minimum atomic E-state index is -1.79. The minimum absolute atomic E-state index is 0.146. The zero-order valence-electron chi connectivity index (χ0n) is 6.88. The molecule has 0 amide bonds. The highest BCUT2D eigenvalue weighted by Gasteiger charge is 2.14. The van der Waals surface area contributed by atoms with Crippen LogP contribution in [-0.4, -0.2) is 18.5 Å². The summed E-state index contributed by atoms with van der Waals surface area (Å²) in [7, 11) is 0. The van der Waals surface area contributed by atoms with Crippen LogP contribution in [0.4, 0.5) is 0 Å². The van der Waals surface area contributed by atoms with Crippen LogP contribution in [0.2, 0.25) is 0 Å². The van der Waals surface area contributed by atoms with Crippen molar-refractivity contribution in [1.29, 1.82) is 0 Å². The van der Waals surface area contributed by atoms with Gasteiger partial charge in [-0.3, -0.25) is 0 Å². The molecule has 2 radical (unpaired) electrons. The summed E-state index contributed by atoms with van der Waals surface area (Å²) in [6.07, 6.45) is 3.37. The molecule has 4 heteroatoms. The van der Waals surface area contributed by atoms with Crippen molar-refractivity contribution in [3.63, 3.8) is 0 Å². The fourth-order valence-electron chi connectivity index (χ4n) is 0.679. The van der Waals surface area contributed by atoms with Crippen molar-refractivity contribution in [2.45, 2.75) is 25.7 Å². The fraction of sp³-hybridized carbons (Fsp3) is 0.625. The van der Waals surface area contributed by atoms with Crippen molar-refractivity contribution >= 4 is 11.9 Å². The van der Waals surface area contributed by atoms with E-state index in [0.717, 1.165) is 19.3 Å². The van der Waals surface area contributed by atoms with Gasteiger partial charge in [-0.05, 0) is 6.42 Å². The van der Waals surface area contributed by atoms with Crippen LogP contribution in [0.1, 0.15) is 25.7 Å². The van der Waals surface area contributed by atoms with Gasteiger partial charge in [0.15, 0.2) is 0 Å². The lowest BCUT2D eigenvalue weighted by Crippen LogP contribution is -2.15. The molecule has 0 spiro atoms. The Hall–Kier alpha value is -1.06. The van der Waals surface area contributed by atoms with Crippen LogP contribution in [0.5, 0.6) is 0 Å². The van der Waals surface area contributed by atoms with Crippen LogP contribution in [0.15, 0.2) is 0 Å². The number of carbonyl (C=O) groups is 2. The summed E-state index contributed by atoms with van der Waals surface area (Å²) < 4.78 is 4.33. The zero-order valence-corrected chi connectivity index (χ0v) is 6.88. The normalized spacial score (nSPS) is 9.42. The van der Waals surface area contributed by atoms with Crippen molar-refractivity contribution in [2.75, 3.05) is 6.61 Å². The van der Waals surface area contributed by atoms with E-state index in [9.17, 15) is 14.7 Å². The molecule has 0 saturated heterocycles. The third-order valence-electron chi connectivity index (χ3n) is 1.29. The zero-order chi connectivity index (χ0) is 9.40. The van der Waals surface area contributed by atoms with Gasteiger partial charge in [0.2, 0.25) is 0 Å². The number of unbranched alkanes of at least 4 members (excludes halogenated alkanes) is 3. The molecule has 0 N–H and O–H groups in total. The van der Waals surface area contributed by atoms with E-state index in [0.29, 0.717) is 6.42 Å². The molecular formula is C8H12O4. The van der Waals surface area contributed by atoms with E-state index in [-0.39, 0.29) is 6.61 Å². The van der Waals surface area contributed by atoms with Crippen molar-refractivity contribution in [3.05, 3.63) is 6.92 Å². The fourth-order valence-corrected chi connectivity index (χ4v) is 0.679. The van der Waals surface area contributed by atoms with Crippen LogP contribution in [0.3, 0.4) is 0 Å². The Bertz CT molecular complexity index is 153. The van der Waals surface area contributed by atoms with Crippen LogP contribution < -0.4 is 0 Å². The van der Waals surface area contributed by atoms with Gasteiger partial charge in [-0.25, -0.2) is 14.7 Å². The van der Waals surface area contributed by atoms with Crippen LogP contribution in [-0.2, 0) is 19.4 Å². The molecule has 0 bridgehead atoms. The molecule has 0 aliphatic carbocycles. The van der Waals surface area contributed by atoms with E-state index in [1.54, 1.807) is 0 Å². The van der Waals surface area contributed by atoms with Crippen molar-refractivity contribution < 1.29 is 19.4 Å². The van der Waals surface area contributed by atoms with Gasteiger partial charge in [0, 0.05) is 0 Å². The summed E-state index contributed by atoms with van der Waals surface area (Å²) in [5.41, 5.74) is 0. The van der Waals surface area contributed by atoms with E-state index in [1.165, 1.54) is 0 Å². The third kappa shape index (κ3) is 5.70. The quantitative estimate of drug-likeness (QED) is 0.351. The number of ether oxygens (including phenoxy) is 1. The summed E-state index contributed by atoms with van der Waals surface area (Å²) in [5, 5.41) is 9.82. The van der Waals surface area contributed by atoms with E-state index in [4.69, 9.17) is 0 Å². The molecule has 0 unspecified atom stereocenters. The number of esters is 1. The maximum Gasteiger partial charge on any atom is 0.462 e. The molecule has 0 aliphatic rings. The second-order valence-corrected chi connectivity index (χ2v) is 2.34. The summed E-state index contributed by atoms with van der Waals surface area (Å²) in [5.74, 6) is -3.07. The smallest absolute Gasteiger partial charge is 0.457 e. The molecule has 0 aliphatic heterocycles. The van der Waals surface area contributed by atoms with E-state index >= 15 is 0 Å². The molecule has 0 heterocycles. The van der Waals surface area contributed by atoms with Crippen molar-refractivity contribution in [1.82, 2.24) is 0 Å². The maximum atomic E-state index is 10.3. The van der Waals surface area contributed by atoms with Crippen LogP contribution in [0.25, 0.3) is 0 Å². The van der Waals surface area contributed by atoms with Crippen LogP contribution >= 0.6 is 0 Å². The first-order valence-corrected chi connectivity index (χ1v) is 3.86. The van der Waals surface area contributed by atoms with Gasteiger partial charge >= 0.3 is 11.9 Å². The molecule has 4 nitrogen and oxygen atoms in total. The average molecular weight is 172 g/mol. The van der Waals surface area contributed by atoms with Gasteiger partial charge in [-0.15, -0.1) is 0 Å². The molecule has 0 saturated carbocycles. The minimum Gasteiger partial charge on any atom is -0.457 e. The third-order valence-corrected chi connectivity index (χ3v) is 1.29. The van der Waals surface area contributed by atoms with Crippen molar-refractivity contribution in [3.8, 4) is 0 Å². The van der Waals surface area contributed by atoms with Gasteiger partial charge < -0.3 is 4.74 Å².